The maximum Gasteiger partial charge on any atom is 0.410 e. The highest BCUT2D eigenvalue weighted by atomic mass is 32.1. The van der Waals surface area contributed by atoms with Crippen molar-refractivity contribution in [3.8, 4) is 11.4 Å². The molecule has 156 valence electrons. The van der Waals surface area contributed by atoms with Crippen molar-refractivity contribution in [2.45, 2.75) is 39.8 Å². The molecule has 2 amide bonds. The molecule has 0 radical (unpaired) electrons. The van der Waals surface area contributed by atoms with E-state index in [4.69, 9.17) is 17.0 Å². The van der Waals surface area contributed by atoms with Crippen LogP contribution in [0.4, 0.5) is 4.79 Å². The van der Waals surface area contributed by atoms with Crippen LogP contribution in [0.1, 0.15) is 26.3 Å². The third-order valence-corrected chi connectivity index (χ3v) is 4.96. The first-order chi connectivity index (χ1) is 13.6. The van der Waals surface area contributed by atoms with Gasteiger partial charge in [-0.2, -0.15) is 5.10 Å². The summed E-state index contributed by atoms with van der Waals surface area (Å²) >= 11 is 5.33. The Morgan fingerprint density at radius 2 is 1.69 bits per heavy atom. The first-order valence-corrected chi connectivity index (χ1v) is 10.0. The molecule has 2 heterocycles. The average molecular weight is 418 g/mol. The molecule has 1 saturated heterocycles. The third-order valence-electron chi connectivity index (χ3n) is 4.65. The molecule has 0 atom stereocenters. The number of hydrogen-bond acceptors (Lipinski definition) is 5. The quantitative estimate of drug-likeness (QED) is 0.776. The molecule has 1 fully saturated rings. The fourth-order valence-electron chi connectivity index (χ4n) is 3.09. The number of hydrogen-bond donors (Lipinski definition) is 1. The number of carbonyl (C=O) groups is 2. The minimum atomic E-state index is -0.534. The summed E-state index contributed by atoms with van der Waals surface area (Å²) in [6.07, 6.45) is -0.344. The summed E-state index contributed by atoms with van der Waals surface area (Å²) in [5, 5.41) is 7.07. The minimum Gasteiger partial charge on any atom is -0.444 e. The van der Waals surface area contributed by atoms with Crippen molar-refractivity contribution in [2.24, 2.45) is 0 Å². The number of aryl methyl sites for hydroxylation is 1. The fourth-order valence-corrected chi connectivity index (χ4v) is 3.28. The van der Waals surface area contributed by atoms with E-state index in [2.05, 4.69) is 10.2 Å². The Morgan fingerprint density at radius 1 is 1.10 bits per heavy atom. The zero-order valence-corrected chi connectivity index (χ0v) is 18.1. The third kappa shape index (κ3) is 5.23. The Labute approximate surface area is 175 Å². The van der Waals surface area contributed by atoms with Crippen molar-refractivity contribution in [3.05, 3.63) is 34.6 Å². The summed E-state index contributed by atoms with van der Waals surface area (Å²) in [5.41, 5.74) is 1.51. The summed E-state index contributed by atoms with van der Waals surface area (Å²) in [4.78, 5) is 28.4. The zero-order valence-electron chi connectivity index (χ0n) is 17.3. The van der Waals surface area contributed by atoms with Gasteiger partial charge in [-0.15, -0.1) is 0 Å². The van der Waals surface area contributed by atoms with E-state index in [0.717, 1.165) is 11.1 Å². The Morgan fingerprint density at radius 3 is 2.28 bits per heavy atom. The zero-order chi connectivity index (χ0) is 21.2. The Kier molecular flexibility index (Phi) is 6.07. The highest BCUT2D eigenvalue weighted by Crippen LogP contribution is 2.18. The summed E-state index contributed by atoms with van der Waals surface area (Å²) in [5.74, 6) is 0.579. The van der Waals surface area contributed by atoms with Crippen molar-refractivity contribution >= 4 is 24.2 Å². The molecule has 1 aromatic heterocycles. The van der Waals surface area contributed by atoms with Gasteiger partial charge >= 0.3 is 6.09 Å². The van der Waals surface area contributed by atoms with Crippen LogP contribution in [0.5, 0.6) is 0 Å². The van der Waals surface area contributed by atoms with Crippen LogP contribution in [-0.2, 0) is 16.1 Å². The van der Waals surface area contributed by atoms with Crippen molar-refractivity contribution in [1.82, 2.24) is 24.6 Å². The number of piperazine rings is 1. The first kappa shape index (κ1) is 21.0. The van der Waals surface area contributed by atoms with Gasteiger partial charge in [0.2, 0.25) is 5.91 Å². The second kappa shape index (κ2) is 8.36. The minimum absolute atomic E-state index is 0.0558. The highest BCUT2D eigenvalue weighted by Gasteiger charge is 2.28. The molecular formula is C20H27N5O3S. The van der Waals surface area contributed by atoms with E-state index in [1.54, 1.807) is 14.4 Å². The normalized spacial score (nSPS) is 14.8. The number of H-pyrrole nitrogens is 1. The summed E-state index contributed by atoms with van der Waals surface area (Å²) in [7, 11) is 0. The van der Waals surface area contributed by atoms with Gasteiger partial charge in [0.15, 0.2) is 10.6 Å². The molecule has 2 aromatic rings. The lowest BCUT2D eigenvalue weighted by molar-refractivity contribution is -0.133. The molecule has 8 nitrogen and oxygen atoms in total. The molecule has 9 heteroatoms. The SMILES string of the molecule is Cc1ccc(-c2n[nH]c(=S)n2CC(=O)N2CCN(C(=O)OC(C)(C)C)CC2)cc1. The van der Waals surface area contributed by atoms with Crippen LogP contribution >= 0.6 is 12.2 Å². The number of nitrogens with one attached hydrogen (secondary N) is 1. The summed E-state index contributed by atoms with van der Waals surface area (Å²) < 4.78 is 7.52. The molecule has 1 aromatic carbocycles. The lowest BCUT2D eigenvalue weighted by Crippen LogP contribution is -2.52. The van der Waals surface area contributed by atoms with E-state index < -0.39 is 5.60 Å². The predicted octanol–water partition coefficient (Wildman–Crippen LogP) is 3.00. The van der Waals surface area contributed by atoms with Gasteiger partial charge in [-0.3, -0.25) is 14.5 Å². The number of benzene rings is 1. The summed E-state index contributed by atoms with van der Waals surface area (Å²) in [6, 6.07) is 7.91. The Hall–Kier alpha value is -2.68. The van der Waals surface area contributed by atoms with Gasteiger partial charge in [0, 0.05) is 31.7 Å². The number of nitrogens with zero attached hydrogens (tertiary/aromatic N) is 4. The number of carbonyl (C=O) groups excluding carboxylic acids is 2. The van der Waals surface area contributed by atoms with Crippen molar-refractivity contribution in [3.63, 3.8) is 0 Å². The van der Waals surface area contributed by atoms with E-state index in [1.165, 1.54) is 0 Å². The summed E-state index contributed by atoms with van der Waals surface area (Å²) in [6.45, 7) is 9.45. The van der Waals surface area contributed by atoms with E-state index in [1.807, 2.05) is 52.0 Å². The largest absolute Gasteiger partial charge is 0.444 e. The predicted molar refractivity (Wildman–Crippen MR) is 112 cm³/mol. The van der Waals surface area contributed by atoms with E-state index in [-0.39, 0.29) is 18.5 Å². The Balaban J connectivity index is 1.64. The maximum absolute atomic E-state index is 12.8. The van der Waals surface area contributed by atoms with Crippen molar-refractivity contribution < 1.29 is 14.3 Å². The molecule has 1 aliphatic rings. The molecule has 0 spiro atoms. The van der Waals surface area contributed by atoms with Gasteiger partial charge in [-0.25, -0.2) is 4.79 Å². The maximum atomic E-state index is 12.8. The number of amides is 2. The van der Waals surface area contributed by atoms with Crippen molar-refractivity contribution in [2.75, 3.05) is 26.2 Å². The first-order valence-electron chi connectivity index (χ1n) is 9.62. The topological polar surface area (TPSA) is 83.5 Å². The van der Waals surface area contributed by atoms with Crippen LogP contribution < -0.4 is 0 Å². The van der Waals surface area contributed by atoms with Gasteiger partial charge < -0.3 is 14.5 Å². The van der Waals surface area contributed by atoms with Gasteiger partial charge in [-0.05, 0) is 39.9 Å². The van der Waals surface area contributed by atoms with Gasteiger partial charge in [0.25, 0.3) is 0 Å². The lowest BCUT2D eigenvalue weighted by Gasteiger charge is -2.35. The van der Waals surface area contributed by atoms with Gasteiger partial charge in [-0.1, -0.05) is 29.8 Å². The molecule has 1 N–H and O–H groups in total. The van der Waals surface area contributed by atoms with E-state index in [0.29, 0.717) is 36.8 Å². The molecule has 0 unspecified atom stereocenters. The van der Waals surface area contributed by atoms with Gasteiger partial charge in [0.1, 0.15) is 12.1 Å². The highest BCUT2D eigenvalue weighted by molar-refractivity contribution is 7.71. The fraction of sp³-hybridized carbons (Fsp3) is 0.500. The molecule has 0 aliphatic carbocycles. The smallest absolute Gasteiger partial charge is 0.410 e. The monoisotopic (exact) mass is 417 g/mol. The van der Waals surface area contributed by atoms with Crippen LogP contribution in [0.2, 0.25) is 0 Å². The second-order valence-electron chi connectivity index (χ2n) is 8.15. The Bertz CT molecular complexity index is 934. The van der Waals surface area contributed by atoms with Crippen LogP contribution in [0.3, 0.4) is 0 Å². The number of ether oxygens (including phenoxy) is 1. The molecule has 0 bridgehead atoms. The molecular weight excluding hydrogens is 390 g/mol. The van der Waals surface area contributed by atoms with E-state index in [9.17, 15) is 9.59 Å². The van der Waals surface area contributed by atoms with E-state index >= 15 is 0 Å². The molecule has 3 rings (SSSR count). The second-order valence-corrected chi connectivity index (χ2v) is 8.54. The van der Waals surface area contributed by atoms with Crippen LogP contribution in [-0.4, -0.2) is 68.3 Å². The number of aromatic amines is 1. The number of rotatable bonds is 3. The lowest BCUT2D eigenvalue weighted by atomic mass is 10.1. The molecule has 1 aliphatic heterocycles. The van der Waals surface area contributed by atoms with Crippen LogP contribution in [0, 0.1) is 11.7 Å². The van der Waals surface area contributed by atoms with Crippen molar-refractivity contribution in [1.29, 1.82) is 0 Å². The standard InChI is InChI=1S/C20H27N5O3S/c1-14-5-7-15(8-6-14)17-21-22-18(29)25(17)13-16(26)23-9-11-24(12-10-23)19(27)28-20(2,3)4/h5-8H,9-13H2,1-4H3,(H,22,29). The van der Waals surface area contributed by atoms with Crippen LogP contribution in [0.15, 0.2) is 24.3 Å². The molecule has 0 saturated carbocycles. The number of aromatic nitrogens is 3. The average Bonchev–Trinajstić information content (AvgIpc) is 3.01. The molecule has 29 heavy (non-hydrogen) atoms. The van der Waals surface area contributed by atoms with Crippen LogP contribution in [0.25, 0.3) is 11.4 Å². The van der Waals surface area contributed by atoms with Gasteiger partial charge in [0.05, 0.1) is 0 Å².